The van der Waals surface area contributed by atoms with Gasteiger partial charge >= 0.3 is 0 Å². The van der Waals surface area contributed by atoms with Gasteiger partial charge in [-0.3, -0.25) is 9.69 Å². The molecule has 2 aromatic heterocycles. The monoisotopic (exact) mass is 348 g/mol. The molecule has 6 nitrogen and oxygen atoms in total. The molecule has 3 atom stereocenters. The lowest BCUT2D eigenvalue weighted by atomic mass is 9.72. The maximum absolute atomic E-state index is 12.3. The number of fused-ring (bicyclic) bond motifs is 3. The first-order valence-corrected chi connectivity index (χ1v) is 9.67. The number of aliphatic hydroxyl groups excluding tert-OH is 1. The zero-order valence-electron chi connectivity index (χ0n) is 14.2. The third kappa shape index (κ3) is 2.33. The van der Waals surface area contributed by atoms with Crippen LogP contribution in [0.2, 0.25) is 0 Å². The van der Waals surface area contributed by atoms with E-state index in [2.05, 4.69) is 21.9 Å². The Morgan fingerprint density at radius 1 is 1.42 bits per heavy atom. The van der Waals surface area contributed by atoms with Gasteiger partial charge in [0, 0.05) is 30.1 Å². The lowest BCUT2D eigenvalue weighted by Gasteiger charge is -2.35. The first-order chi connectivity index (χ1) is 11.6. The van der Waals surface area contributed by atoms with Gasteiger partial charge in [-0.2, -0.15) is 9.61 Å². The third-order valence-corrected chi connectivity index (χ3v) is 7.05. The third-order valence-electron chi connectivity index (χ3n) is 6.00. The highest BCUT2D eigenvalue weighted by atomic mass is 32.1. The summed E-state index contributed by atoms with van der Waals surface area (Å²) >= 11 is 1.49. The fraction of sp³-hybridized carbons (Fsp3) is 0.706. The number of aromatic nitrogens is 3. The highest BCUT2D eigenvalue weighted by Crippen LogP contribution is 2.51. The van der Waals surface area contributed by atoms with Gasteiger partial charge < -0.3 is 5.11 Å². The molecule has 0 spiro atoms. The Hall–Kier alpha value is -1.31. The van der Waals surface area contributed by atoms with Crippen LogP contribution in [0.1, 0.15) is 50.2 Å². The largest absolute Gasteiger partial charge is 0.396 e. The summed E-state index contributed by atoms with van der Waals surface area (Å²) in [5, 5.41) is 15.2. The Kier molecular flexibility index (Phi) is 3.97. The van der Waals surface area contributed by atoms with Gasteiger partial charge in [-0.25, -0.2) is 4.98 Å². The average molecular weight is 348 g/mol. The molecule has 0 unspecified atom stereocenters. The number of hydrogen-bond acceptors (Lipinski definition) is 6. The number of aryl methyl sites for hydroxylation is 1. The van der Waals surface area contributed by atoms with Gasteiger partial charge in [0.1, 0.15) is 5.01 Å². The summed E-state index contributed by atoms with van der Waals surface area (Å²) in [7, 11) is 0. The number of rotatable bonds is 5. The van der Waals surface area contributed by atoms with Gasteiger partial charge in [-0.1, -0.05) is 25.2 Å². The molecule has 2 saturated heterocycles. The predicted octanol–water partition coefficient (Wildman–Crippen LogP) is 1.84. The van der Waals surface area contributed by atoms with Gasteiger partial charge in [0.25, 0.3) is 5.56 Å². The number of nitrogens with zero attached hydrogens (tertiary/aromatic N) is 4. The summed E-state index contributed by atoms with van der Waals surface area (Å²) < 4.78 is 1.41. The van der Waals surface area contributed by atoms with Crippen LogP contribution >= 0.6 is 11.3 Å². The molecular formula is C17H24N4O2S. The van der Waals surface area contributed by atoms with Gasteiger partial charge in [0.05, 0.1) is 12.3 Å². The average Bonchev–Trinajstić information content (AvgIpc) is 3.26. The molecule has 0 saturated carbocycles. The lowest BCUT2D eigenvalue weighted by Crippen LogP contribution is -2.39. The van der Waals surface area contributed by atoms with Gasteiger partial charge in [-0.05, 0) is 32.1 Å². The summed E-state index contributed by atoms with van der Waals surface area (Å²) in [6.07, 6.45) is 5.21. The first kappa shape index (κ1) is 16.2. The molecule has 130 valence electrons. The van der Waals surface area contributed by atoms with E-state index in [1.54, 1.807) is 6.07 Å². The second kappa shape index (κ2) is 5.89. The summed E-state index contributed by atoms with van der Waals surface area (Å²) in [6, 6.07) is 2.54. The van der Waals surface area contributed by atoms with Crippen molar-refractivity contribution in [1.82, 2.24) is 19.5 Å². The van der Waals surface area contributed by atoms with Crippen LogP contribution in [0.4, 0.5) is 0 Å². The maximum Gasteiger partial charge on any atom is 0.275 e. The fourth-order valence-electron chi connectivity index (χ4n) is 4.63. The van der Waals surface area contributed by atoms with E-state index in [0.717, 1.165) is 36.4 Å². The molecule has 0 aromatic carbocycles. The quantitative estimate of drug-likeness (QED) is 0.893. The molecule has 0 amide bonds. The molecule has 2 bridgehead atoms. The van der Waals surface area contributed by atoms with Crippen LogP contribution in [0.25, 0.3) is 4.96 Å². The molecular weight excluding hydrogens is 324 g/mol. The van der Waals surface area contributed by atoms with Crippen molar-refractivity contribution in [2.45, 2.75) is 64.6 Å². The van der Waals surface area contributed by atoms with E-state index < -0.39 is 0 Å². The molecule has 7 heteroatoms. The van der Waals surface area contributed by atoms with Crippen molar-refractivity contribution in [2.75, 3.05) is 6.61 Å². The number of hydrogen-bond donors (Lipinski definition) is 1. The summed E-state index contributed by atoms with van der Waals surface area (Å²) in [6.45, 7) is 5.16. The summed E-state index contributed by atoms with van der Waals surface area (Å²) in [4.78, 5) is 20.2. The van der Waals surface area contributed by atoms with E-state index in [4.69, 9.17) is 0 Å². The Bertz CT molecular complexity index is 811. The van der Waals surface area contributed by atoms with Crippen molar-refractivity contribution in [3.8, 4) is 0 Å². The molecule has 2 fully saturated rings. The minimum Gasteiger partial charge on any atom is -0.396 e. The van der Waals surface area contributed by atoms with Crippen LogP contribution in [-0.2, 0) is 13.0 Å². The molecule has 2 aliphatic heterocycles. The van der Waals surface area contributed by atoms with Crippen LogP contribution in [0.3, 0.4) is 0 Å². The summed E-state index contributed by atoms with van der Waals surface area (Å²) in [5.41, 5.74) is 0.761. The standard InChI is InChI=1S/C17H24N4O2S/c1-3-14-19-21-15(23)7-11(18-16(21)24-14)9-20-12-5-6-13(20)17(4-2,8-12)10-22/h7,12-13,22H,3-6,8-10H2,1-2H3/t12-,13+,17-/m1/s1. The SMILES string of the molecule is CCc1nn2c(=O)cc(CN3[C@@H]4CC[C@H]3[C@@](CC)(CO)C4)nc2s1. The van der Waals surface area contributed by atoms with Gasteiger partial charge in [-0.15, -0.1) is 0 Å². The van der Waals surface area contributed by atoms with Crippen LogP contribution < -0.4 is 5.56 Å². The van der Waals surface area contributed by atoms with E-state index in [1.165, 1.54) is 22.3 Å². The topological polar surface area (TPSA) is 70.7 Å². The van der Waals surface area contributed by atoms with Crippen molar-refractivity contribution in [2.24, 2.45) is 5.41 Å². The number of aliphatic hydroxyl groups is 1. The van der Waals surface area contributed by atoms with E-state index in [-0.39, 0.29) is 17.6 Å². The Balaban J connectivity index is 1.64. The van der Waals surface area contributed by atoms with Crippen molar-refractivity contribution in [1.29, 1.82) is 0 Å². The smallest absolute Gasteiger partial charge is 0.275 e. The molecule has 1 N–H and O–H groups in total. The highest BCUT2D eigenvalue weighted by molar-refractivity contribution is 7.16. The van der Waals surface area contributed by atoms with Crippen LogP contribution in [-0.4, -0.2) is 43.3 Å². The van der Waals surface area contributed by atoms with Crippen LogP contribution in [0.5, 0.6) is 0 Å². The molecule has 24 heavy (non-hydrogen) atoms. The van der Waals surface area contributed by atoms with E-state index >= 15 is 0 Å². The maximum atomic E-state index is 12.3. The van der Waals surface area contributed by atoms with Crippen molar-refractivity contribution in [3.63, 3.8) is 0 Å². The Morgan fingerprint density at radius 2 is 2.25 bits per heavy atom. The molecule has 4 heterocycles. The molecule has 2 aromatic rings. The second-order valence-electron chi connectivity index (χ2n) is 7.13. The molecule has 0 aliphatic carbocycles. The minimum absolute atomic E-state index is 0.0297. The predicted molar refractivity (Wildman–Crippen MR) is 93.3 cm³/mol. The first-order valence-electron chi connectivity index (χ1n) is 8.85. The van der Waals surface area contributed by atoms with Crippen molar-refractivity contribution in [3.05, 3.63) is 27.1 Å². The van der Waals surface area contributed by atoms with Gasteiger partial charge in [0.2, 0.25) is 4.96 Å². The zero-order chi connectivity index (χ0) is 16.9. The van der Waals surface area contributed by atoms with Gasteiger partial charge in [0.15, 0.2) is 0 Å². The van der Waals surface area contributed by atoms with E-state index in [9.17, 15) is 9.90 Å². The van der Waals surface area contributed by atoms with Crippen LogP contribution in [0, 0.1) is 5.41 Å². The fourth-order valence-corrected chi connectivity index (χ4v) is 5.48. The molecule has 4 rings (SSSR count). The van der Waals surface area contributed by atoms with Crippen molar-refractivity contribution >= 4 is 16.3 Å². The Labute approximate surface area is 145 Å². The molecule has 0 radical (unpaired) electrons. The summed E-state index contributed by atoms with van der Waals surface area (Å²) in [5.74, 6) is 0. The van der Waals surface area contributed by atoms with E-state index in [1.807, 2.05) is 6.92 Å². The zero-order valence-corrected chi connectivity index (χ0v) is 15.1. The highest BCUT2D eigenvalue weighted by Gasteiger charge is 2.54. The second-order valence-corrected chi connectivity index (χ2v) is 8.17. The van der Waals surface area contributed by atoms with Crippen LogP contribution in [0.15, 0.2) is 10.9 Å². The molecule has 2 aliphatic rings. The lowest BCUT2D eigenvalue weighted by molar-refractivity contribution is 0.0711. The van der Waals surface area contributed by atoms with Crippen molar-refractivity contribution < 1.29 is 5.11 Å². The minimum atomic E-state index is -0.0959. The normalized spacial score (nSPS) is 29.8. The van der Waals surface area contributed by atoms with E-state index in [0.29, 0.717) is 23.6 Å². The Morgan fingerprint density at radius 3 is 2.92 bits per heavy atom.